The number of carbonyl (C=O) groups excluding carboxylic acids is 1. The van der Waals surface area contributed by atoms with Crippen molar-refractivity contribution in [3.8, 4) is 0 Å². The Hall–Kier alpha value is -1.09. The van der Waals surface area contributed by atoms with Gasteiger partial charge in [-0.1, -0.05) is 11.6 Å². The number of aromatic nitrogens is 1. The molecule has 1 amide bonds. The molecule has 2 N–H and O–H groups in total. The maximum Gasteiger partial charge on any atom is 0.221 e. The zero-order chi connectivity index (χ0) is 8.27. The zero-order valence-electron chi connectivity index (χ0n) is 5.75. The second kappa shape index (κ2) is 3.34. The van der Waals surface area contributed by atoms with Crippen LogP contribution in [0.5, 0.6) is 0 Å². The maximum absolute atomic E-state index is 10.4. The van der Waals surface area contributed by atoms with Gasteiger partial charge in [-0.3, -0.25) is 9.78 Å². The van der Waals surface area contributed by atoms with Crippen molar-refractivity contribution >= 4 is 17.5 Å². The third-order valence-corrected chi connectivity index (χ3v) is 1.35. The van der Waals surface area contributed by atoms with Gasteiger partial charge in [0.05, 0.1) is 11.4 Å². The van der Waals surface area contributed by atoms with Crippen LogP contribution < -0.4 is 5.73 Å². The number of pyridine rings is 1. The average Bonchev–Trinajstić information content (AvgIpc) is 1.85. The molecule has 0 spiro atoms. The molecule has 11 heavy (non-hydrogen) atoms. The van der Waals surface area contributed by atoms with E-state index in [1.54, 1.807) is 12.3 Å². The summed E-state index contributed by atoms with van der Waals surface area (Å²) in [4.78, 5) is 14.2. The fourth-order valence-electron chi connectivity index (χ4n) is 0.754. The van der Waals surface area contributed by atoms with Crippen molar-refractivity contribution in [2.45, 2.75) is 6.42 Å². The second-order valence-electron chi connectivity index (χ2n) is 2.15. The van der Waals surface area contributed by atoms with Crippen LogP contribution in [-0.2, 0) is 11.2 Å². The average molecular weight is 171 g/mol. The van der Waals surface area contributed by atoms with Gasteiger partial charge >= 0.3 is 0 Å². The van der Waals surface area contributed by atoms with Crippen molar-refractivity contribution in [1.29, 1.82) is 0 Å². The van der Waals surface area contributed by atoms with Crippen LogP contribution in [0.15, 0.2) is 18.5 Å². The quantitative estimate of drug-likeness (QED) is 0.713. The van der Waals surface area contributed by atoms with Gasteiger partial charge in [0.25, 0.3) is 0 Å². The molecule has 1 aromatic rings. The Bertz CT molecular complexity index is 275. The van der Waals surface area contributed by atoms with Crippen molar-refractivity contribution in [2.24, 2.45) is 5.73 Å². The Morgan fingerprint density at radius 1 is 1.64 bits per heavy atom. The predicted molar refractivity (Wildman–Crippen MR) is 42.1 cm³/mol. The van der Waals surface area contributed by atoms with E-state index in [4.69, 9.17) is 17.3 Å². The summed E-state index contributed by atoms with van der Waals surface area (Å²) in [6.45, 7) is 0. The standard InChI is InChI=1S/C7H7ClN2O/c8-6-1-5(2-7(9)11)3-10-4-6/h1,3-4H,2H2,(H2,9,11). The predicted octanol–water partition coefficient (Wildman–Crippen LogP) is 0.763. The van der Waals surface area contributed by atoms with Crippen LogP contribution in [0, 0.1) is 0 Å². The number of nitrogens with zero attached hydrogens (tertiary/aromatic N) is 1. The molecule has 0 bridgehead atoms. The molecule has 1 aromatic heterocycles. The lowest BCUT2D eigenvalue weighted by Gasteiger charge is -1.95. The van der Waals surface area contributed by atoms with Crippen LogP contribution in [0.3, 0.4) is 0 Å². The van der Waals surface area contributed by atoms with Gasteiger partial charge in [0.2, 0.25) is 5.91 Å². The first-order valence-corrected chi connectivity index (χ1v) is 3.44. The zero-order valence-corrected chi connectivity index (χ0v) is 6.51. The number of carbonyl (C=O) groups is 1. The van der Waals surface area contributed by atoms with Crippen molar-refractivity contribution in [3.63, 3.8) is 0 Å². The summed E-state index contributed by atoms with van der Waals surface area (Å²) in [6, 6.07) is 1.67. The monoisotopic (exact) mass is 170 g/mol. The summed E-state index contributed by atoms with van der Waals surface area (Å²) >= 11 is 5.61. The number of nitrogens with two attached hydrogens (primary N) is 1. The lowest BCUT2D eigenvalue weighted by atomic mass is 10.2. The van der Waals surface area contributed by atoms with E-state index in [-0.39, 0.29) is 12.3 Å². The molecule has 4 heteroatoms. The van der Waals surface area contributed by atoms with E-state index in [1.807, 2.05) is 0 Å². The molecule has 0 radical (unpaired) electrons. The van der Waals surface area contributed by atoms with Gasteiger partial charge in [0.1, 0.15) is 0 Å². The lowest BCUT2D eigenvalue weighted by Crippen LogP contribution is -2.13. The van der Waals surface area contributed by atoms with Crippen LogP contribution in [0.2, 0.25) is 5.02 Å². The minimum absolute atomic E-state index is 0.188. The van der Waals surface area contributed by atoms with E-state index in [0.29, 0.717) is 5.02 Å². The third-order valence-electron chi connectivity index (χ3n) is 1.14. The smallest absolute Gasteiger partial charge is 0.221 e. The number of hydrogen-bond donors (Lipinski definition) is 1. The molecule has 1 heterocycles. The Labute approximate surface area is 69.2 Å². The highest BCUT2D eigenvalue weighted by Gasteiger charge is 1.98. The van der Waals surface area contributed by atoms with Crippen LogP contribution in [0.1, 0.15) is 5.56 Å². The van der Waals surface area contributed by atoms with Gasteiger partial charge in [0, 0.05) is 12.4 Å². The summed E-state index contributed by atoms with van der Waals surface area (Å²) in [5, 5.41) is 0.517. The molecule has 0 aliphatic carbocycles. The number of hydrogen-bond acceptors (Lipinski definition) is 2. The van der Waals surface area contributed by atoms with Gasteiger partial charge in [-0.2, -0.15) is 0 Å². The van der Waals surface area contributed by atoms with E-state index in [0.717, 1.165) is 5.56 Å². The van der Waals surface area contributed by atoms with Crippen LogP contribution >= 0.6 is 11.6 Å². The van der Waals surface area contributed by atoms with Crippen LogP contribution in [-0.4, -0.2) is 10.9 Å². The Morgan fingerprint density at radius 2 is 2.36 bits per heavy atom. The van der Waals surface area contributed by atoms with Gasteiger partial charge in [-0.25, -0.2) is 0 Å². The molecular formula is C7H7ClN2O. The van der Waals surface area contributed by atoms with Crippen molar-refractivity contribution in [3.05, 3.63) is 29.0 Å². The molecule has 0 saturated heterocycles. The number of amides is 1. The number of primary amides is 1. The summed E-state index contributed by atoms with van der Waals surface area (Å²) in [6.07, 6.45) is 3.26. The van der Waals surface area contributed by atoms with E-state index in [9.17, 15) is 4.79 Å². The fraction of sp³-hybridized carbons (Fsp3) is 0.143. The summed E-state index contributed by atoms with van der Waals surface area (Å²) < 4.78 is 0. The normalized spacial score (nSPS) is 9.55. The summed E-state index contributed by atoms with van der Waals surface area (Å²) in [5.74, 6) is -0.380. The molecule has 0 fully saturated rings. The minimum atomic E-state index is -0.380. The summed E-state index contributed by atoms with van der Waals surface area (Å²) in [5.41, 5.74) is 5.71. The molecule has 0 aromatic carbocycles. The maximum atomic E-state index is 10.4. The van der Waals surface area contributed by atoms with E-state index in [2.05, 4.69) is 4.98 Å². The van der Waals surface area contributed by atoms with Crippen molar-refractivity contribution in [1.82, 2.24) is 4.98 Å². The second-order valence-corrected chi connectivity index (χ2v) is 2.59. The molecule has 0 unspecified atom stereocenters. The molecule has 3 nitrogen and oxygen atoms in total. The molecule has 0 saturated carbocycles. The Balaban J connectivity index is 2.79. The number of rotatable bonds is 2. The molecule has 58 valence electrons. The Kier molecular flexibility index (Phi) is 2.44. The van der Waals surface area contributed by atoms with Gasteiger partial charge < -0.3 is 5.73 Å². The highest BCUT2D eigenvalue weighted by Crippen LogP contribution is 2.08. The Morgan fingerprint density at radius 3 is 2.91 bits per heavy atom. The minimum Gasteiger partial charge on any atom is -0.369 e. The lowest BCUT2D eigenvalue weighted by molar-refractivity contribution is -0.117. The molecule has 0 aliphatic rings. The molecule has 1 rings (SSSR count). The van der Waals surface area contributed by atoms with Gasteiger partial charge in [-0.15, -0.1) is 0 Å². The first kappa shape index (κ1) is 8.01. The van der Waals surface area contributed by atoms with Crippen LogP contribution in [0.25, 0.3) is 0 Å². The first-order valence-electron chi connectivity index (χ1n) is 3.06. The first-order chi connectivity index (χ1) is 5.18. The molecular weight excluding hydrogens is 164 g/mol. The molecule has 0 aliphatic heterocycles. The van der Waals surface area contributed by atoms with Crippen molar-refractivity contribution < 1.29 is 4.79 Å². The van der Waals surface area contributed by atoms with Crippen LogP contribution in [0.4, 0.5) is 0 Å². The van der Waals surface area contributed by atoms with E-state index >= 15 is 0 Å². The third kappa shape index (κ3) is 2.55. The van der Waals surface area contributed by atoms with E-state index in [1.165, 1.54) is 6.20 Å². The van der Waals surface area contributed by atoms with E-state index < -0.39 is 0 Å². The highest BCUT2D eigenvalue weighted by atomic mass is 35.5. The summed E-state index contributed by atoms with van der Waals surface area (Å²) in [7, 11) is 0. The molecule has 0 atom stereocenters. The fourth-order valence-corrected chi connectivity index (χ4v) is 0.950. The van der Waals surface area contributed by atoms with Gasteiger partial charge in [-0.05, 0) is 11.6 Å². The topological polar surface area (TPSA) is 56.0 Å². The van der Waals surface area contributed by atoms with Crippen molar-refractivity contribution in [2.75, 3.05) is 0 Å². The largest absolute Gasteiger partial charge is 0.369 e. The highest BCUT2D eigenvalue weighted by molar-refractivity contribution is 6.30. The number of halogens is 1. The SMILES string of the molecule is NC(=O)Cc1cncc(Cl)c1. The van der Waals surface area contributed by atoms with Gasteiger partial charge in [0.15, 0.2) is 0 Å².